The molecule has 1 atom stereocenters. The Hall–Kier alpha value is -0.710. The molecule has 0 aliphatic carbocycles. The second-order valence-electron chi connectivity index (χ2n) is 4.65. The number of esters is 1. The largest absolute Gasteiger partial charge is 0.464 e. The molecule has 4 nitrogen and oxygen atoms in total. The fraction of sp³-hybridized carbons (Fsp3) is 0.833. The molecule has 0 spiro atoms. The van der Waals surface area contributed by atoms with E-state index < -0.39 is 6.04 Å². The van der Waals surface area contributed by atoms with Crippen molar-refractivity contribution in [3.63, 3.8) is 0 Å². The molecule has 0 fully saturated rings. The van der Waals surface area contributed by atoms with E-state index in [-0.39, 0.29) is 16.6 Å². The molecule has 0 bridgehead atoms. The van der Waals surface area contributed by atoms with Crippen LogP contribution in [0.2, 0.25) is 0 Å². The van der Waals surface area contributed by atoms with Crippen molar-refractivity contribution in [1.82, 2.24) is 5.32 Å². The highest BCUT2D eigenvalue weighted by molar-refractivity contribution is 8.00. The number of thioether (sulfide) groups is 1. The number of hydrogen-bond donors (Lipinski definition) is 1. The minimum Gasteiger partial charge on any atom is -0.464 e. The topological polar surface area (TPSA) is 55.4 Å². The Morgan fingerprint density at radius 3 is 2.29 bits per heavy atom. The van der Waals surface area contributed by atoms with Gasteiger partial charge in [-0.2, -0.15) is 11.8 Å². The highest BCUT2D eigenvalue weighted by Gasteiger charge is 2.24. The summed E-state index contributed by atoms with van der Waals surface area (Å²) < 4.78 is 5.00. The third-order valence-electron chi connectivity index (χ3n) is 1.91. The summed E-state index contributed by atoms with van der Waals surface area (Å²) in [5, 5.41) is 2.69. The highest BCUT2D eigenvalue weighted by atomic mass is 32.2. The fourth-order valence-electron chi connectivity index (χ4n) is 1.04. The van der Waals surface area contributed by atoms with E-state index in [0.717, 1.165) is 0 Å². The van der Waals surface area contributed by atoms with Gasteiger partial charge in [0.15, 0.2) is 0 Å². The van der Waals surface area contributed by atoms with Crippen LogP contribution < -0.4 is 5.32 Å². The van der Waals surface area contributed by atoms with E-state index in [1.807, 2.05) is 0 Å². The molecule has 0 aromatic heterocycles. The van der Waals surface area contributed by atoms with Crippen LogP contribution in [0.4, 0.5) is 0 Å². The van der Waals surface area contributed by atoms with Crippen LogP contribution in [0.5, 0.6) is 0 Å². The quantitative estimate of drug-likeness (QED) is 0.743. The summed E-state index contributed by atoms with van der Waals surface area (Å²) in [4.78, 5) is 23.0. The maximum absolute atomic E-state index is 11.7. The van der Waals surface area contributed by atoms with Crippen molar-refractivity contribution < 1.29 is 14.3 Å². The SMILES string of the molecule is CCOC(=O)C(CSC(C)(C)C)NC(=O)CC. The lowest BCUT2D eigenvalue weighted by molar-refractivity contribution is -0.146. The van der Waals surface area contributed by atoms with Crippen LogP contribution in [0.25, 0.3) is 0 Å². The zero-order chi connectivity index (χ0) is 13.5. The molecule has 0 rings (SSSR count). The van der Waals surface area contributed by atoms with Gasteiger partial charge in [0, 0.05) is 16.9 Å². The van der Waals surface area contributed by atoms with Crippen LogP contribution in [0.3, 0.4) is 0 Å². The Morgan fingerprint density at radius 1 is 1.29 bits per heavy atom. The van der Waals surface area contributed by atoms with Crippen molar-refractivity contribution in [2.45, 2.75) is 51.8 Å². The lowest BCUT2D eigenvalue weighted by Crippen LogP contribution is -2.44. The Kier molecular flexibility index (Phi) is 7.27. The number of hydrogen-bond acceptors (Lipinski definition) is 4. The van der Waals surface area contributed by atoms with Crippen LogP contribution >= 0.6 is 11.8 Å². The number of rotatable bonds is 6. The molecule has 1 unspecified atom stereocenters. The third kappa shape index (κ3) is 8.07. The van der Waals surface area contributed by atoms with Crippen LogP contribution in [-0.2, 0) is 14.3 Å². The van der Waals surface area contributed by atoms with Gasteiger partial charge >= 0.3 is 5.97 Å². The lowest BCUT2D eigenvalue weighted by Gasteiger charge is -2.22. The summed E-state index contributed by atoms with van der Waals surface area (Å²) in [6.45, 7) is 10.1. The molecule has 0 heterocycles. The van der Waals surface area contributed by atoms with Crippen LogP contribution in [0.1, 0.15) is 41.0 Å². The molecule has 17 heavy (non-hydrogen) atoms. The standard InChI is InChI=1S/C12H23NO3S/c1-6-10(14)13-9(11(15)16-7-2)8-17-12(3,4)5/h9H,6-8H2,1-5H3,(H,13,14). The van der Waals surface area contributed by atoms with Gasteiger partial charge in [-0.3, -0.25) is 4.79 Å². The predicted molar refractivity (Wildman–Crippen MR) is 71.1 cm³/mol. The van der Waals surface area contributed by atoms with Crippen molar-refractivity contribution in [3.8, 4) is 0 Å². The van der Waals surface area contributed by atoms with E-state index in [9.17, 15) is 9.59 Å². The number of carbonyl (C=O) groups excluding carboxylic acids is 2. The normalized spacial score (nSPS) is 13.0. The minimum absolute atomic E-state index is 0.0572. The van der Waals surface area contributed by atoms with Crippen molar-refractivity contribution in [3.05, 3.63) is 0 Å². The molecule has 0 saturated heterocycles. The van der Waals surface area contributed by atoms with E-state index >= 15 is 0 Å². The first-order chi connectivity index (χ1) is 7.80. The molecule has 5 heteroatoms. The molecular weight excluding hydrogens is 238 g/mol. The van der Waals surface area contributed by atoms with Gasteiger partial charge < -0.3 is 10.1 Å². The molecule has 0 aliphatic rings. The van der Waals surface area contributed by atoms with E-state index in [2.05, 4.69) is 26.1 Å². The second kappa shape index (κ2) is 7.58. The summed E-state index contributed by atoms with van der Waals surface area (Å²) in [5.41, 5.74) is 0. The number of amides is 1. The van der Waals surface area contributed by atoms with E-state index in [0.29, 0.717) is 18.8 Å². The molecule has 1 amide bonds. The van der Waals surface area contributed by atoms with Gasteiger partial charge in [0.25, 0.3) is 0 Å². The van der Waals surface area contributed by atoms with Crippen molar-refractivity contribution >= 4 is 23.6 Å². The zero-order valence-corrected chi connectivity index (χ0v) is 12.1. The average molecular weight is 261 g/mol. The van der Waals surface area contributed by atoms with Crippen molar-refractivity contribution in [2.24, 2.45) is 0 Å². The molecule has 1 N–H and O–H groups in total. The Balaban J connectivity index is 4.40. The molecule has 100 valence electrons. The molecule has 0 radical (unpaired) electrons. The lowest BCUT2D eigenvalue weighted by atomic mass is 10.3. The fourth-order valence-corrected chi connectivity index (χ4v) is 1.93. The molecule has 0 aromatic carbocycles. The van der Waals surface area contributed by atoms with Crippen LogP contribution in [0, 0.1) is 0 Å². The maximum atomic E-state index is 11.7. The molecular formula is C12H23NO3S. The first-order valence-corrected chi connectivity index (χ1v) is 6.88. The van der Waals surface area contributed by atoms with Crippen LogP contribution in [0.15, 0.2) is 0 Å². The Morgan fingerprint density at radius 2 is 1.88 bits per heavy atom. The van der Waals surface area contributed by atoms with E-state index in [4.69, 9.17) is 4.74 Å². The molecule has 0 aliphatic heterocycles. The van der Waals surface area contributed by atoms with Crippen molar-refractivity contribution in [2.75, 3.05) is 12.4 Å². The molecule has 0 aromatic rings. The van der Waals surface area contributed by atoms with Gasteiger partial charge in [0.2, 0.25) is 5.91 Å². The minimum atomic E-state index is -0.549. The first-order valence-electron chi connectivity index (χ1n) is 5.90. The monoisotopic (exact) mass is 261 g/mol. The van der Waals surface area contributed by atoms with Crippen LogP contribution in [-0.4, -0.2) is 35.0 Å². The highest BCUT2D eigenvalue weighted by Crippen LogP contribution is 2.23. The van der Waals surface area contributed by atoms with Gasteiger partial charge in [-0.25, -0.2) is 4.79 Å². The summed E-state index contributed by atoms with van der Waals surface area (Å²) >= 11 is 1.63. The second-order valence-corrected chi connectivity index (χ2v) is 6.50. The number of nitrogens with one attached hydrogen (secondary N) is 1. The van der Waals surface area contributed by atoms with Gasteiger partial charge in [0.1, 0.15) is 6.04 Å². The van der Waals surface area contributed by atoms with E-state index in [1.54, 1.807) is 25.6 Å². The maximum Gasteiger partial charge on any atom is 0.329 e. The summed E-state index contributed by atoms with van der Waals surface area (Å²) in [7, 11) is 0. The molecule has 0 saturated carbocycles. The average Bonchev–Trinajstić information content (AvgIpc) is 2.22. The zero-order valence-electron chi connectivity index (χ0n) is 11.3. The summed E-state index contributed by atoms with van der Waals surface area (Å²) in [5.74, 6) is 0.0530. The first kappa shape index (κ1) is 16.3. The van der Waals surface area contributed by atoms with Gasteiger partial charge in [-0.05, 0) is 6.92 Å². The van der Waals surface area contributed by atoms with E-state index in [1.165, 1.54) is 0 Å². The van der Waals surface area contributed by atoms with Gasteiger partial charge in [0.05, 0.1) is 6.61 Å². The van der Waals surface area contributed by atoms with Gasteiger partial charge in [-0.15, -0.1) is 0 Å². The Labute approximate surface area is 108 Å². The Bertz CT molecular complexity index is 261. The van der Waals surface area contributed by atoms with Crippen molar-refractivity contribution in [1.29, 1.82) is 0 Å². The smallest absolute Gasteiger partial charge is 0.329 e. The predicted octanol–water partition coefficient (Wildman–Crippen LogP) is 1.98. The summed E-state index contributed by atoms with van der Waals surface area (Å²) in [6.07, 6.45) is 0.371. The number of ether oxygens (including phenoxy) is 1. The number of carbonyl (C=O) groups is 2. The summed E-state index contributed by atoms with van der Waals surface area (Å²) in [6, 6.07) is -0.549. The van der Waals surface area contributed by atoms with Gasteiger partial charge in [-0.1, -0.05) is 27.7 Å². The third-order valence-corrected chi connectivity index (χ3v) is 3.28.